The number of hydrogen-bond acceptors (Lipinski definition) is 21. The molecule has 1 spiro atoms. The van der Waals surface area contributed by atoms with Crippen LogP contribution in [0.3, 0.4) is 0 Å². The van der Waals surface area contributed by atoms with E-state index in [1.165, 1.54) is 51.6 Å². The zero-order valence-corrected chi connectivity index (χ0v) is 61.9. The third-order valence-corrected chi connectivity index (χ3v) is 20.6. The van der Waals surface area contributed by atoms with Gasteiger partial charge >= 0.3 is 6.09 Å². The molecule has 1 aromatic heterocycles. The van der Waals surface area contributed by atoms with Crippen LogP contribution in [0.4, 0.5) is 27.5 Å². The highest BCUT2D eigenvalue weighted by atomic mass is 16.6. The van der Waals surface area contributed by atoms with E-state index in [1.807, 2.05) is 84.0 Å². The number of nitrogens with zero attached hydrogens (tertiary/aromatic N) is 6. The maximum atomic E-state index is 14.5. The Kier molecular flexibility index (Phi) is 22.3. The summed E-state index contributed by atoms with van der Waals surface area (Å²) in [6, 6.07) is 29.5. The van der Waals surface area contributed by atoms with Crippen LogP contribution < -0.4 is 76.3 Å². The van der Waals surface area contributed by atoms with E-state index in [1.54, 1.807) is 47.8 Å². The van der Waals surface area contributed by atoms with Crippen molar-refractivity contribution in [2.24, 2.45) is 11.3 Å². The number of nitrogens with one attached hydrogen (secondary N) is 8. The Morgan fingerprint density at radius 2 is 1.40 bits per heavy atom. The predicted molar refractivity (Wildman–Crippen MR) is 402 cm³/mol. The fourth-order valence-corrected chi connectivity index (χ4v) is 14.5. The zero-order valence-electron chi connectivity index (χ0n) is 61.9. The Bertz CT molecular complexity index is 4600. The van der Waals surface area contributed by atoms with E-state index in [9.17, 15) is 48.3 Å². The summed E-state index contributed by atoms with van der Waals surface area (Å²) < 4.78 is 35.2. The number of methoxy groups -OCH3 is 3. The Hall–Kier alpha value is -11.9. The fraction of sp³-hybridized carbons (Fsp3) is 0.392. The molecular weight excluding hydrogens is 1400 g/mol. The first-order chi connectivity index (χ1) is 52.5. The first-order valence-corrected chi connectivity index (χ1v) is 36.5. The SMILES string of the molecule is COc1ccc(C2=CN3C(=O)c4cc(OC)c(OCCCOc5cc6c(cc5OC)C(=O)N5CC7(CC7)C[C@H]5C(O)N6C(=O)OCc5ccc(NC(=O)[C@H](C)NC(=O)[C@@H](NC(=O)CNC(=O)CNC(=O)CCC(=O)N6Cc7ccccc7C7=C(c8ccccc86)N(C(C)C)NN7)C(C)C)cn5)cc4NC[C@@H]3C2)cc1. The van der Waals surface area contributed by atoms with E-state index in [0.29, 0.717) is 60.8 Å². The highest BCUT2D eigenvalue weighted by Gasteiger charge is 2.58. The summed E-state index contributed by atoms with van der Waals surface area (Å²) >= 11 is 0. The minimum atomic E-state index is -1.52. The number of rotatable bonds is 26. The number of hydrogen-bond donors (Lipinski definition) is 9. The molecule has 13 rings (SSSR count). The lowest BCUT2D eigenvalue weighted by Crippen LogP contribution is -2.55. The summed E-state index contributed by atoms with van der Waals surface area (Å²) in [4.78, 5) is 134. The van der Waals surface area contributed by atoms with Gasteiger partial charge in [-0.1, -0.05) is 68.4 Å². The third-order valence-electron chi connectivity index (χ3n) is 20.6. The summed E-state index contributed by atoms with van der Waals surface area (Å²) in [7, 11) is 4.55. The van der Waals surface area contributed by atoms with Crippen molar-refractivity contribution in [3.8, 4) is 28.7 Å². The lowest BCUT2D eigenvalue weighted by Gasteiger charge is -2.32. The van der Waals surface area contributed by atoms with E-state index in [4.69, 9.17) is 28.4 Å². The number of aliphatic hydroxyl groups excluding tert-OH is 1. The van der Waals surface area contributed by atoms with E-state index >= 15 is 0 Å². The summed E-state index contributed by atoms with van der Waals surface area (Å²) in [6.07, 6.45) is 3.59. The summed E-state index contributed by atoms with van der Waals surface area (Å²) in [5, 5.41) is 30.5. The molecule has 1 saturated carbocycles. The van der Waals surface area contributed by atoms with Crippen LogP contribution in [0.5, 0.6) is 28.7 Å². The number of hydrazine groups is 2. The van der Waals surface area contributed by atoms with Gasteiger partial charge in [0.2, 0.25) is 35.4 Å². The van der Waals surface area contributed by atoms with E-state index in [-0.39, 0.29) is 103 Å². The van der Waals surface area contributed by atoms with Crippen molar-refractivity contribution in [3.05, 3.63) is 161 Å². The molecule has 5 atom stereocenters. The van der Waals surface area contributed by atoms with Gasteiger partial charge in [-0.15, -0.1) is 5.53 Å². The minimum absolute atomic E-state index is 0.0361. The van der Waals surface area contributed by atoms with Crippen LogP contribution in [0.15, 0.2) is 122 Å². The van der Waals surface area contributed by atoms with Crippen LogP contribution in [0.25, 0.3) is 17.0 Å². The lowest BCUT2D eigenvalue weighted by atomic mass is 9.95. The molecule has 7 aliphatic rings. The number of carbonyl (C=O) groups is 9. The number of aliphatic hydroxyl groups is 1. The normalized spacial score (nSPS) is 18.2. The van der Waals surface area contributed by atoms with Crippen LogP contribution in [0, 0.1) is 11.3 Å². The molecule has 30 heteroatoms. The number of ether oxygens (including phenoxy) is 6. The molecule has 9 amide bonds. The molecule has 0 bridgehead atoms. The molecule has 9 N–H and O–H groups in total. The summed E-state index contributed by atoms with van der Waals surface area (Å²) in [6.45, 7) is 8.92. The van der Waals surface area contributed by atoms with Crippen LogP contribution in [-0.4, -0.2) is 175 Å². The van der Waals surface area contributed by atoms with E-state index in [0.717, 1.165) is 62.7 Å². The molecular formula is C79H90N14O16. The third kappa shape index (κ3) is 16.2. The number of carbonyl (C=O) groups excluding carboxylic acids is 9. The average Bonchev–Trinajstić information content (AvgIpc) is 1.58. The number of aromatic nitrogens is 1. The highest BCUT2D eigenvalue weighted by Crippen LogP contribution is 2.57. The average molecular weight is 1490 g/mol. The number of anilines is 4. The van der Waals surface area contributed by atoms with Crippen molar-refractivity contribution in [2.75, 3.05) is 81.2 Å². The predicted octanol–water partition coefficient (Wildman–Crippen LogP) is 6.81. The van der Waals surface area contributed by atoms with Crippen molar-refractivity contribution >= 4 is 93.1 Å². The summed E-state index contributed by atoms with van der Waals surface area (Å²) in [5.74, 6) is -2.68. The number of fused-ring (bicyclic) bond motifs is 8. The molecule has 109 heavy (non-hydrogen) atoms. The van der Waals surface area contributed by atoms with Crippen molar-refractivity contribution in [1.29, 1.82) is 0 Å². The molecule has 1 unspecified atom stereocenters. The van der Waals surface area contributed by atoms with Gasteiger partial charge in [-0.25, -0.2) is 9.69 Å². The fourth-order valence-electron chi connectivity index (χ4n) is 14.5. The van der Waals surface area contributed by atoms with E-state index < -0.39 is 84.9 Å². The molecule has 1 saturated heterocycles. The van der Waals surface area contributed by atoms with Gasteiger partial charge in [0.1, 0.15) is 24.4 Å². The van der Waals surface area contributed by atoms with E-state index in [2.05, 4.69) is 61.7 Å². The maximum Gasteiger partial charge on any atom is 0.416 e. The quantitative estimate of drug-likeness (QED) is 0.0252. The van der Waals surface area contributed by atoms with Gasteiger partial charge in [0.25, 0.3) is 11.8 Å². The number of amides is 9. The Labute approximate surface area is 630 Å². The van der Waals surface area contributed by atoms with Gasteiger partial charge < -0.3 is 85.6 Å². The molecule has 5 aromatic carbocycles. The smallest absolute Gasteiger partial charge is 0.416 e. The molecule has 7 heterocycles. The van der Waals surface area contributed by atoms with Crippen molar-refractivity contribution in [2.45, 2.75) is 129 Å². The first-order valence-electron chi connectivity index (χ1n) is 36.5. The Morgan fingerprint density at radius 3 is 2.10 bits per heavy atom. The van der Waals surface area contributed by atoms with Crippen LogP contribution in [0.1, 0.15) is 128 Å². The highest BCUT2D eigenvalue weighted by molar-refractivity contribution is 6.07. The minimum Gasteiger partial charge on any atom is -0.497 e. The van der Waals surface area contributed by atoms with Gasteiger partial charge in [-0.05, 0) is 117 Å². The number of para-hydroxylation sites is 1. The van der Waals surface area contributed by atoms with Crippen molar-refractivity contribution in [1.82, 2.24) is 52.0 Å². The maximum absolute atomic E-state index is 14.5. The van der Waals surface area contributed by atoms with Crippen molar-refractivity contribution < 1.29 is 76.7 Å². The van der Waals surface area contributed by atoms with Crippen LogP contribution in [0.2, 0.25) is 0 Å². The zero-order chi connectivity index (χ0) is 76.9. The van der Waals surface area contributed by atoms with Gasteiger partial charge in [0.15, 0.2) is 29.2 Å². The molecule has 1 aliphatic carbocycles. The monoisotopic (exact) mass is 1490 g/mol. The number of benzene rings is 5. The first kappa shape index (κ1) is 75.3. The molecule has 30 nitrogen and oxygen atoms in total. The molecule has 0 radical (unpaired) electrons. The molecule has 572 valence electrons. The van der Waals surface area contributed by atoms with Gasteiger partial charge in [-0.3, -0.25) is 48.3 Å². The van der Waals surface area contributed by atoms with Gasteiger partial charge in [-0.2, -0.15) is 0 Å². The molecule has 6 aliphatic heterocycles. The van der Waals surface area contributed by atoms with Gasteiger partial charge in [0, 0.05) is 67.9 Å². The molecule has 2 fully saturated rings. The van der Waals surface area contributed by atoms with Crippen LogP contribution in [-0.2, 0) is 46.7 Å². The van der Waals surface area contributed by atoms with Crippen LogP contribution >= 0.6 is 0 Å². The summed E-state index contributed by atoms with van der Waals surface area (Å²) in [5.41, 5.74) is 15.3. The Balaban J connectivity index is 0.568. The largest absolute Gasteiger partial charge is 0.497 e. The van der Waals surface area contributed by atoms with Gasteiger partial charge in [0.05, 0.1) is 123 Å². The standard InChI is InChI=1S/C79H90N14O16/c1-44(2)70(86-68(96)39-83-67(95)38-82-66(94)24-25-69(97)90-40-48-14-9-10-15-54(48)71-72(93(45(3)4)88-87-71)55-16-11-12-17-59(55)90)74(99)84-46(5)73(98)85-50-20-21-51(80-36-50)42-109-78(103)92-60-34-65(63(106-8)32-57(60)76(101)91-43-79(26-27-79)35-61(91)77(92)102)108-29-13-28-107-64-33-58-56(31-62(64)105-7)75(100)89-41-49(30-52(89)37-81-58)47-18-22-53(104-6)23-19-47/h9-12,14-23,31-34,36,41,44-46,52,61,70,77,81,87-88,102H,13,24-30,35,37-40,42-43H2,1-8H3,(H,82,94)(H,83,95)(H,84,99)(H,85,98)(H,86,96)/t46-,52-,61-,70-,77?/m0/s1. The molecule has 6 aromatic rings. The second-order valence-corrected chi connectivity index (χ2v) is 28.7. The second-order valence-electron chi connectivity index (χ2n) is 28.7. The second kappa shape index (κ2) is 32.3. The lowest BCUT2D eigenvalue weighted by molar-refractivity contribution is -0.132. The van der Waals surface area contributed by atoms with Crippen molar-refractivity contribution in [3.63, 3.8) is 0 Å². The topological polar surface area (TPSA) is 355 Å². The number of pyridine rings is 1. The Morgan fingerprint density at radius 1 is 0.706 bits per heavy atom.